The number of nitrogens with zero attached hydrogens (tertiary/aromatic N) is 1. The van der Waals surface area contributed by atoms with Gasteiger partial charge in [-0.05, 0) is 73.8 Å². The Morgan fingerprint density at radius 3 is 2.28 bits per heavy atom. The molecular weight excluding hydrogens is 411 g/mol. The molecule has 1 heterocycles. The van der Waals surface area contributed by atoms with E-state index in [-0.39, 0.29) is 12.5 Å². The first-order valence-corrected chi connectivity index (χ1v) is 10.6. The highest BCUT2D eigenvalue weighted by Gasteiger charge is 2.22. The van der Waals surface area contributed by atoms with E-state index in [0.717, 1.165) is 38.2 Å². The minimum Gasteiger partial charge on any atom is -0.494 e. The number of benzene rings is 2. The Balaban J connectivity index is 1.25. The SMILES string of the molecule is O=C(COc1ccc(Cl)cc1)NC[C@@H]1CCN(CCCOc2ccc(Cl)cc2)C1. The third-order valence-electron chi connectivity index (χ3n) is 4.84. The molecule has 156 valence electrons. The second-order valence-corrected chi connectivity index (χ2v) is 8.03. The van der Waals surface area contributed by atoms with Crippen molar-refractivity contribution in [2.45, 2.75) is 12.8 Å². The molecule has 29 heavy (non-hydrogen) atoms. The average molecular weight is 437 g/mol. The van der Waals surface area contributed by atoms with Gasteiger partial charge in [-0.3, -0.25) is 4.79 Å². The molecule has 0 radical (unpaired) electrons. The van der Waals surface area contributed by atoms with E-state index in [4.69, 9.17) is 32.7 Å². The number of nitrogens with one attached hydrogen (secondary N) is 1. The minimum absolute atomic E-state index is 0.0140. The highest BCUT2D eigenvalue weighted by atomic mass is 35.5. The Kier molecular flexibility index (Phi) is 8.47. The summed E-state index contributed by atoms with van der Waals surface area (Å²) in [7, 11) is 0. The van der Waals surface area contributed by atoms with E-state index in [2.05, 4.69) is 10.2 Å². The van der Waals surface area contributed by atoms with E-state index < -0.39 is 0 Å². The van der Waals surface area contributed by atoms with Crippen LogP contribution >= 0.6 is 23.2 Å². The molecule has 5 nitrogen and oxygen atoms in total. The number of hydrogen-bond donors (Lipinski definition) is 1. The number of ether oxygens (including phenoxy) is 2. The summed E-state index contributed by atoms with van der Waals surface area (Å²) in [5, 5.41) is 4.32. The molecule has 3 rings (SSSR count). The standard InChI is InChI=1S/C22H26Cl2N2O3/c23-18-2-6-20(7-3-18)28-13-1-11-26-12-10-17(15-26)14-25-22(27)16-29-21-8-4-19(24)5-9-21/h2-9,17H,1,10-16H2,(H,25,27)/t17-/m0/s1. The van der Waals surface area contributed by atoms with E-state index >= 15 is 0 Å². The lowest BCUT2D eigenvalue weighted by Gasteiger charge is -2.16. The van der Waals surface area contributed by atoms with Crippen molar-refractivity contribution in [3.63, 3.8) is 0 Å². The van der Waals surface area contributed by atoms with E-state index in [1.807, 2.05) is 24.3 Å². The number of carbonyl (C=O) groups is 1. The molecule has 0 unspecified atom stereocenters. The lowest BCUT2D eigenvalue weighted by Crippen LogP contribution is -2.34. The molecular formula is C22H26Cl2N2O3. The van der Waals surface area contributed by atoms with Gasteiger partial charge in [0.05, 0.1) is 6.61 Å². The third kappa shape index (κ3) is 7.77. The molecule has 1 N–H and O–H groups in total. The number of rotatable bonds is 10. The second-order valence-electron chi connectivity index (χ2n) is 7.16. The molecule has 0 saturated carbocycles. The van der Waals surface area contributed by atoms with E-state index in [1.54, 1.807) is 24.3 Å². The Hall–Kier alpha value is -1.95. The summed E-state index contributed by atoms with van der Waals surface area (Å²) in [6.07, 6.45) is 2.06. The second kappa shape index (κ2) is 11.3. The molecule has 1 atom stereocenters. The zero-order chi connectivity index (χ0) is 20.5. The van der Waals surface area contributed by atoms with Crippen LogP contribution in [-0.4, -0.2) is 50.2 Å². The van der Waals surface area contributed by atoms with Crippen LogP contribution in [0.2, 0.25) is 10.0 Å². The van der Waals surface area contributed by atoms with E-state index in [0.29, 0.717) is 34.9 Å². The maximum Gasteiger partial charge on any atom is 0.257 e. The van der Waals surface area contributed by atoms with Crippen molar-refractivity contribution in [1.29, 1.82) is 0 Å². The zero-order valence-corrected chi connectivity index (χ0v) is 17.8. The maximum atomic E-state index is 12.0. The molecule has 1 amide bonds. The van der Waals surface area contributed by atoms with Crippen molar-refractivity contribution in [2.24, 2.45) is 5.92 Å². The van der Waals surface area contributed by atoms with Gasteiger partial charge in [-0.25, -0.2) is 0 Å². The van der Waals surface area contributed by atoms with Crippen LogP contribution in [0.5, 0.6) is 11.5 Å². The van der Waals surface area contributed by atoms with Crippen LogP contribution in [-0.2, 0) is 4.79 Å². The molecule has 1 fully saturated rings. The summed E-state index contributed by atoms with van der Waals surface area (Å²) in [4.78, 5) is 14.4. The highest BCUT2D eigenvalue weighted by Crippen LogP contribution is 2.18. The molecule has 2 aromatic rings. The Morgan fingerprint density at radius 2 is 1.62 bits per heavy atom. The average Bonchev–Trinajstić information content (AvgIpc) is 3.18. The molecule has 2 aromatic carbocycles. The van der Waals surface area contributed by atoms with Gasteiger partial charge in [0.1, 0.15) is 11.5 Å². The van der Waals surface area contributed by atoms with Gasteiger partial charge in [0.15, 0.2) is 6.61 Å². The van der Waals surface area contributed by atoms with Crippen molar-refractivity contribution in [3.05, 3.63) is 58.6 Å². The lowest BCUT2D eigenvalue weighted by atomic mass is 10.1. The summed E-state index contributed by atoms with van der Waals surface area (Å²) < 4.78 is 11.2. The smallest absolute Gasteiger partial charge is 0.257 e. The molecule has 7 heteroatoms. The van der Waals surface area contributed by atoms with Crippen LogP contribution in [0, 0.1) is 5.92 Å². The summed E-state index contributed by atoms with van der Waals surface area (Å²) in [6.45, 7) is 4.43. The highest BCUT2D eigenvalue weighted by molar-refractivity contribution is 6.30. The number of amides is 1. The first-order valence-electron chi connectivity index (χ1n) is 9.84. The summed E-state index contributed by atoms with van der Waals surface area (Å²) in [5.74, 6) is 1.86. The third-order valence-corrected chi connectivity index (χ3v) is 5.35. The van der Waals surface area contributed by atoms with Gasteiger partial charge in [0.2, 0.25) is 0 Å². The van der Waals surface area contributed by atoms with Crippen molar-refractivity contribution in [1.82, 2.24) is 10.2 Å². The number of likely N-dealkylation sites (tertiary alicyclic amines) is 1. The quantitative estimate of drug-likeness (QED) is 0.564. The minimum atomic E-state index is -0.102. The molecule has 0 spiro atoms. The van der Waals surface area contributed by atoms with Gasteiger partial charge >= 0.3 is 0 Å². The molecule has 1 aliphatic heterocycles. The van der Waals surface area contributed by atoms with Crippen LogP contribution in [0.1, 0.15) is 12.8 Å². The Bertz CT molecular complexity index is 769. The lowest BCUT2D eigenvalue weighted by molar-refractivity contribution is -0.123. The van der Waals surface area contributed by atoms with E-state index in [9.17, 15) is 4.79 Å². The molecule has 1 saturated heterocycles. The summed E-state index contributed by atoms with van der Waals surface area (Å²) in [5.41, 5.74) is 0. The first-order chi connectivity index (χ1) is 14.1. The van der Waals surface area contributed by atoms with Crippen LogP contribution in [0.15, 0.2) is 48.5 Å². The maximum absolute atomic E-state index is 12.0. The normalized spacial score (nSPS) is 16.6. The predicted molar refractivity (Wildman–Crippen MR) is 116 cm³/mol. The van der Waals surface area contributed by atoms with Crippen molar-refractivity contribution >= 4 is 29.1 Å². The van der Waals surface area contributed by atoms with Gasteiger partial charge in [0.25, 0.3) is 5.91 Å². The predicted octanol–water partition coefficient (Wildman–Crippen LogP) is 4.28. The van der Waals surface area contributed by atoms with Crippen LogP contribution in [0.4, 0.5) is 0 Å². The molecule has 0 bridgehead atoms. The molecule has 0 aliphatic carbocycles. The van der Waals surface area contributed by atoms with Crippen molar-refractivity contribution in [3.8, 4) is 11.5 Å². The van der Waals surface area contributed by atoms with Crippen LogP contribution in [0.3, 0.4) is 0 Å². The zero-order valence-electron chi connectivity index (χ0n) is 16.3. The number of halogens is 2. The van der Waals surface area contributed by atoms with E-state index in [1.165, 1.54) is 0 Å². The Labute approximate surface area is 181 Å². The van der Waals surface area contributed by atoms with Crippen LogP contribution in [0.25, 0.3) is 0 Å². The fraction of sp³-hybridized carbons (Fsp3) is 0.409. The molecule has 0 aromatic heterocycles. The van der Waals surface area contributed by atoms with Gasteiger partial charge in [-0.2, -0.15) is 0 Å². The Morgan fingerprint density at radius 1 is 1.00 bits per heavy atom. The largest absolute Gasteiger partial charge is 0.494 e. The fourth-order valence-corrected chi connectivity index (χ4v) is 3.53. The van der Waals surface area contributed by atoms with Crippen molar-refractivity contribution in [2.75, 3.05) is 39.4 Å². The first kappa shape index (κ1) is 21.8. The van der Waals surface area contributed by atoms with Gasteiger partial charge in [-0.1, -0.05) is 23.2 Å². The van der Waals surface area contributed by atoms with Crippen LogP contribution < -0.4 is 14.8 Å². The summed E-state index contributed by atoms with van der Waals surface area (Å²) >= 11 is 11.7. The molecule has 1 aliphatic rings. The monoisotopic (exact) mass is 436 g/mol. The summed E-state index contributed by atoms with van der Waals surface area (Å²) in [6, 6.07) is 14.4. The number of carbonyl (C=O) groups excluding carboxylic acids is 1. The van der Waals surface area contributed by atoms with Gasteiger partial charge in [0, 0.05) is 29.7 Å². The van der Waals surface area contributed by atoms with Crippen molar-refractivity contribution < 1.29 is 14.3 Å². The fourth-order valence-electron chi connectivity index (χ4n) is 3.28. The van der Waals surface area contributed by atoms with Gasteiger partial charge < -0.3 is 19.7 Å². The number of hydrogen-bond acceptors (Lipinski definition) is 4. The topological polar surface area (TPSA) is 50.8 Å². The van der Waals surface area contributed by atoms with Gasteiger partial charge in [-0.15, -0.1) is 0 Å².